The van der Waals surface area contributed by atoms with Gasteiger partial charge >= 0.3 is 0 Å². The van der Waals surface area contributed by atoms with Crippen molar-refractivity contribution in [1.29, 1.82) is 0 Å². The molecule has 0 atom stereocenters. The predicted octanol–water partition coefficient (Wildman–Crippen LogP) is 4.42. The van der Waals surface area contributed by atoms with Gasteiger partial charge in [0.15, 0.2) is 11.5 Å². The summed E-state index contributed by atoms with van der Waals surface area (Å²) in [5.74, 6) is 1.17. The number of aromatic amines is 2. The zero-order valence-electron chi connectivity index (χ0n) is 15.8. The molecular weight excluding hydrogens is 356 g/mol. The fourth-order valence-corrected chi connectivity index (χ4v) is 3.36. The van der Waals surface area contributed by atoms with E-state index in [0.29, 0.717) is 28.5 Å². The van der Waals surface area contributed by atoms with Gasteiger partial charge in [0.2, 0.25) is 11.5 Å². The number of hydrogen-bond acceptors (Lipinski definition) is 4. The molecule has 0 bridgehead atoms. The third-order valence-electron chi connectivity index (χ3n) is 4.75. The van der Waals surface area contributed by atoms with E-state index in [4.69, 9.17) is 14.2 Å². The van der Waals surface area contributed by atoms with Crippen LogP contribution in [0.15, 0.2) is 54.9 Å². The smallest absolute Gasteiger partial charge is 0.209 e. The van der Waals surface area contributed by atoms with Gasteiger partial charge in [0, 0.05) is 40.0 Å². The summed E-state index contributed by atoms with van der Waals surface area (Å²) in [6.07, 6.45) is 3.78. The first-order valence-corrected chi connectivity index (χ1v) is 8.76. The van der Waals surface area contributed by atoms with Gasteiger partial charge in [-0.05, 0) is 24.3 Å². The predicted molar refractivity (Wildman–Crippen MR) is 108 cm³/mol. The van der Waals surface area contributed by atoms with Gasteiger partial charge in [-0.2, -0.15) is 0 Å². The molecule has 0 spiro atoms. The van der Waals surface area contributed by atoms with Crippen LogP contribution in [0.2, 0.25) is 0 Å². The number of rotatable bonds is 6. The topological polar surface area (TPSA) is 76.3 Å². The molecule has 6 nitrogen and oxygen atoms in total. The number of H-pyrrole nitrogens is 2. The van der Waals surface area contributed by atoms with Crippen molar-refractivity contribution in [2.24, 2.45) is 0 Å². The minimum atomic E-state index is -0.162. The van der Waals surface area contributed by atoms with Gasteiger partial charge in [0.1, 0.15) is 0 Å². The second-order valence-electron chi connectivity index (χ2n) is 6.29. The Kier molecular flexibility index (Phi) is 4.53. The molecule has 28 heavy (non-hydrogen) atoms. The van der Waals surface area contributed by atoms with E-state index >= 15 is 0 Å². The van der Waals surface area contributed by atoms with Crippen molar-refractivity contribution in [2.75, 3.05) is 21.3 Å². The molecule has 2 aromatic heterocycles. The Labute approximate surface area is 162 Å². The zero-order valence-corrected chi connectivity index (χ0v) is 15.8. The van der Waals surface area contributed by atoms with E-state index in [0.717, 1.165) is 22.0 Å². The highest BCUT2D eigenvalue weighted by Crippen LogP contribution is 2.39. The first kappa shape index (κ1) is 17.7. The maximum atomic E-state index is 13.0. The fraction of sp³-hybridized carbons (Fsp3) is 0.136. The third kappa shape index (κ3) is 2.89. The second kappa shape index (κ2) is 7.15. The number of ether oxygens (including phenoxy) is 3. The van der Waals surface area contributed by atoms with Crippen LogP contribution < -0.4 is 14.2 Å². The molecule has 0 aliphatic rings. The van der Waals surface area contributed by atoms with Crippen molar-refractivity contribution in [3.8, 4) is 28.4 Å². The first-order valence-electron chi connectivity index (χ1n) is 8.76. The monoisotopic (exact) mass is 376 g/mol. The fourth-order valence-electron chi connectivity index (χ4n) is 3.36. The SMILES string of the molecule is COc1cc(C(=O)c2cc(-c3c[nH]c4ccccc34)c[nH]2)cc(OC)c1OC. The lowest BCUT2D eigenvalue weighted by molar-refractivity contribution is 0.103. The number of aromatic nitrogens is 2. The highest BCUT2D eigenvalue weighted by atomic mass is 16.5. The molecule has 2 N–H and O–H groups in total. The molecule has 4 rings (SSSR count). The van der Waals surface area contributed by atoms with Crippen LogP contribution in [-0.2, 0) is 0 Å². The first-order chi connectivity index (χ1) is 13.7. The maximum absolute atomic E-state index is 13.0. The molecule has 6 heteroatoms. The molecule has 2 aromatic carbocycles. The normalized spacial score (nSPS) is 10.8. The largest absolute Gasteiger partial charge is 0.493 e. The van der Waals surface area contributed by atoms with Crippen LogP contribution >= 0.6 is 0 Å². The van der Waals surface area contributed by atoms with Crippen molar-refractivity contribution in [3.63, 3.8) is 0 Å². The van der Waals surface area contributed by atoms with E-state index in [1.165, 1.54) is 21.3 Å². The van der Waals surface area contributed by atoms with Crippen molar-refractivity contribution in [3.05, 3.63) is 66.1 Å². The van der Waals surface area contributed by atoms with Gasteiger partial charge in [-0.3, -0.25) is 4.79 Å². The highest BCUT2D eigenvalue weighted by molar-refractivity contribution is 6.09. The van der Waals surface area contributed by atoms with Gasteiger partial charge in [-0.25, -0.2) is 0 Å². The molecule has 0 radical (unpaired) electrons. The standard InChI is InChI=1S/C22H20N2O4/c1-26-19-9-13(10-20(27-2)22(19)28-3)21(25)18-8-14(11-23-18)16-12-24-17-7-5-4-6-15(16)17/h4-12,23-24H,1-3H3. The van der Waals surface area contributed by atoms with Crippen molar-refractivity contribution in [2.45, 2.75) is 0 Å². The Bertz CT molecular complexity index is 1130. The number of benzene rings is 2. The summed E-state index contributed by atoms with van der Waals surface area (Å²) in [6, 6.07) is 13.2. The van der Waals surface area contributed by atoms with Crippen molar-refractivity contribution in [1.82, 2.24) is 9.97 Å². The number of fused-ring (bicyclic) bond motifs is 1. The van der Waals surface area contributed by atoms with Gasteiger partial charge in [-0.15, -0.1) is 0 Å². The summed E-state index contributed by atoms with van der Waals surface area (Å²) >= 11 is 0. The van der Waals surface area contributed by atoms with Crippen LogP contribution in [0, 0.1) is 0 Å². The maximum Gasteiger partial charge on any atom is 0.209 e. The number of hydrogen-bond donors (Lipinski definition) is 2. The molecule has 0 fully saturated rings. The summed E-state index contributed by atoms with van der Waals surface area (Å²) in [7, 11) is 4.57. The van der Waals surface area contributed by atoms with Gasteiger partial charge in [-0.1, -0.05) is 18.2 Å². The summed E-state index contributed by atoms with van der Waals surface area (Å²) in [5.41, 5.74) is 3.96. The van der Waals surface area contributed by atoms with Crippen LogP contribution in [0.1, 0.15) is 16.1 Å². The molecule has 142 valence electrons. The Balaban J connectivity index is 1.72. The van der Waals surface area contributed by atoms with E-state index < -0.39 is 0 Å². The van der Waals surface area contributed by atoms with Crippen molar-refractivity contribution >= 4 is 16.7 Å². The zero-order chi connectivity index (χ0) is 19.7. The average molecular weight is 376 g/mol. The molecule has 0 saturated heterocycles. The van der Waals surface area contributed by atoms with Crippen LogP contribution in [0.3, 0.4) is 0 Å². The Hall–Kier alpha value is -3.67. The summed E-state index contributed by atoms with van der Waals surface area (Å²) in [6.45, 7) is 0. The van der Waals surface area contributed by atoms with Crippen LogP contribution in [0.5, 0.6) is 17.2 Å². The Morgan fingerprint density at radius 3 is 2.25 bits per heavy atom. The van der Waals surface area contributed by atoms with Crippen LogP contribution in [-0.4, -0.2) is 37.1 Å². The lowest BCUT2D eigenvalue weighted by Gasteiger charge is -2.13. The van der Waals surface area contributed by atoms with E-state index in [2.05, 4.69) is 16.0 Å². The summed E-state index contributed by atoms with van der Waals surface area (Å²) in [4.78, 5) is 19.4. The highest BCUT2D eigenvalue weighted by Gasteiger charge is 2.19. The van der Waals surface area contributed by atoms with E-state index in [1.54, 1.807) is 12.1 Å². The van der Waals surface area contributed by atoms with Gasteiger partial charge in [0.25, 0.3) is 0 Å². The summed E-state index contributed by atoms with van der Waals surface area (Å²) < 4.78 is 16.0. The molecule has 0 amide bonds. The molecule has 0 aliphatic carbocycles. The molecule has 0 aliphatic heterocycles. The molecule has 0 saturated carbocycles. The van der Waals surface area contributed by atoms with Crippen LogP contribution in [0.4, 0.5) is 0 Å². The Morgan fingerprint density at radius 1 is 0.857 bits per heavy atom. The number of methoxy groups -OCH3 is 3. The number of ketones is 1. The number of nitrogens with one attached hydrogen (secondary N) is 2. The second-order valence-corrected chi connectivity index (χ2v) is 6.29. The number of para-hydroxylation sites is 1. The lowest BCUT2D eigenvalue weighted by atomic mass is 10.0. The minimum absolute atomic E-state index is 0.162. The molecule has 2 heterocycles. The van der Waals surface area contributed by atoms with Gasteiger partial charge in [0.05, 0.1) is 27.0 Å². The number of carbonyl (C=O) groups is 1. The lowest BCUT2D eigenvalue weighted by Crippen LogP contribution is -2.04. The average Bonchev–Trinajstić information content (AvgIpc) is 3.38. The Morgan fingerprint density at radius 2 is 1.57 bits per heavy atom. The van der Waals surface area contributed by atoms with E-state index in [1.807, 2.05) is 36.7 Å². The summed E-state index contributed by atoms with van der Waals surface area (Å²) in [5, 5.41) is 1.10. The molecule has 0 unspecified atom stereocenters. The van der Waals surface area contributed by atoms with Gasteiger partial charge < -0.3 is 24.2 Å². The van der Waals surface area contributed by atoms with Crippen molar-refractivity contribution < 1.29 is 19.0 Å². The molecule has 4 aromatic rings. The molecular formula is C22H20N2O4. The number of carbonyl (C=O) groups excluding carboxylic acids is 1. The quantitative estimate of drug-likeness (QED) is 0.489. The van der Waals surface area contributed by atoms with Crippen LogP contribution in [0.25, 0.3) is 22.0 Å². The van der Waals surface area contributed by atoms with E-state index in [9.17, 15) is 4.79 Å². The minimum Gasteiger partial charge on any atom is -0.493 e. The van der Waals surface area contributed by atoms with E-state index in [-0.39, 0.29) is 5.78 Å². The third-order valence-corrected chi connectivity index (χ3v) is 4.75.